The van der Waals surface area contributed by atoms with Gasteiger partial charge in [0, 0.05) is 37.0 Å². The molecule has 0 radical (unpaired) electrons. The van der Waals surface area contributed by atoms with E-state index in [0.29, 0.717) is 71.1 Å². The van der Waals surface area contributed by atoms with Crippen LogP contribution in [0.3, 0.4) is 0 Å². The number of pyridine rings is 1. The Balaban J connectivity index is 1.25. The highest BCUT2D eigenvalue weighted by molar-refractivity contribution is 6.90. The number of carboxylic acid groups (broad SMARTS) is 1. The number of benzene rings is 2. The van der Waals surface area contributed by atoms with Gasteiger partial charge in [0.2, 0.25) is 5.88 Å². The number of piperazine rings is 1. The lowest BCUT2D eigenvalue weighted by atomic mass is 9.90. The van der Waals surface area contributed by atoms with Crippen LogP contribution in [-0.4, -0.2) is 106 Å². The lowest BCUT2D eigenvalue weighted by Gasteiger charge is -2.47. The second-order valence-electron chi connectivity index (χ2n) is 18.5. The molecular formula is C46H53F3N6O4Si. The Morgan fingerprint density at radius 3 is 2.52 bits per heavy atom. The summed E-state index contributed by atoms with van der Waals surface area (Å²) in [5, 5.41) is 11.6. The zero-order valence-corrected chi connectivity index (χ0v) is 36.4. The van der Waals surface area contributed by atoms with E-state index < -0.39 is 55.7 Å². The van der Waals surface area contributed by atoms with E-state index in [1.807, 2.05) is 17.9 Å². The average Bonchev–Trinajstić information content (AvgIpc) is 3.78. The van der Waals surface area contributed by atoms with Crippen molar-refractivity contribution in [2.75, 3.05) is 31.1 Å². The SMILES string of the molecule is C=C1CCN2CC(F)CC12COc1nc2c3c(nc(-c4cccc5ccc(F)c(C#C[Si](C(C)C)(C(C)C)C(C)C)c45)c(F)c3n1)OC(C)C1C3CCC(CN21)N3C(=O)O. The maximum atomic E-state index is 17.8. The summed E-state index contributed by atoms with van der Waals surface area (Å²) in [6.45, 7) is 20.6. The minimum atomic E-state index is -2.31. The minimum absolute atomic E-state index is 0.0244. The number of amides is 1. The molecule has 2 bridgehead atoms. The summed E-state index contributed by atoms with van der Waals surface area (Å²) in [5.74, 6) is 2.46. The van der Waals surface area contributed by atoms with E-state index in [0.717, 1.165) is 5.57 Å². The van der Waals surface area contributed by atoms with Gasteiger partial charge in [-0.15, -0.1) is 5.54 Å². The number of ether oxygens (including phenoxy) is 2. The van der Waals surface area contributed by atoms with E-state index >= 15 is 8.78 Å². The topological polar surface area (TPSA) is 104 Å². The van der Waals surface area contributed by atoms with Crippen LogP contribution in [0.4, 0.5) is 23.8 Å². The number of nitrogens with zero attached hydrogens (tertiary/aromatic N) is 6. The zero-order valence-electron chi connectivity index (χ0n) is 35.4. The monoisotopic (exact) mass is 838 g/mol. The molecule has 1 amide bonds. The predicted molar refractivity (Wildman–Crippen MR) is 229 cm³/mol. The molecule has 5 aliphatic heterocycles. The molecule has 60 heavy (non-hydrogen) atoms. The summed E-state index contributed by atoms with van der Waals surface area (Å²) in [4.78, 5) is 32.7. The van der Waals surface area contributed by atoms with E-state index in [4.69, 9.17) is 24.4 Å². The summed E-state index contributed by atoms with van der Waals surface area (Å²) in [6.07, 6.45) is -0.418. The molecular weight excluding hydrogens is 786 g/mol. The molecule has 9 rings (SSSR count). The average molecular weight is 839 g/mol. The van der Waals surface area contributed by atoms with Crippen LogP contribution >= 0.6 is 0 Å². The van der Waals surface area contributed by atoms with Crippen molar-refractivity contribution in [3.05, 3.63) is 59.7 Å². The highest BCUT2D eigenvalue weighted by Gasteiger charge is 2.54. The Morgan fingerprint density at radius 1 is 1.05 bits per heavy atom. The number of carbonyl (C=O) groups is 1. The fourth-order valence-corrected chi connectivity index (χ4v) is 17.0. The first-order valence-electron chi connectivity index (χ1n) is 21.4. The third kappa shape index (κ3) is 6.00. The Hall–Kier alpha value is -4.87. The first-order valence-corrected chi connectivity index (χ1v) is 23.6. The molecule has 0 aliphatic carbocycles. The standard InChI is InChI=1S/C46H53F3N6O4Si/c1-24(2)60(25(3)4,26(5)6)19-17-32-34(48)14-12-29-10-9-11-33(36(29)32)39-38(49)40-37-42(52-44(51-40)58-23-46-20-30(47)21-53(46)18-16-27(46)7)54-22-31-13-15-35(55(31)45(56)57)41(54)28(8)59-43(37)50-39/h9-12,14,24-26,28,30-31,35,41H,7,13,15-16,18,20-23H2,1-6,8H3,(H,56,57). The summed E-state index contributed by atoms with van der Waals surface area (Å²) in [6, 6.07) is 7.10. The van der Waals surface area contributed by atoms with Crippen LogP contribution in [0.15, 0.2) is 42.5 Å². The Morgan fingerprint density at radius 2 is 1.80 bits per heavy atom. The van der Waals surface area contributed by atoms with Gasteiger partial charge in [-0.3, -0.25) is 9.80 Å². The zero-order chi connectivity index (χ0) is 42.6. The molecule has 316 valence electrons. The minimum Gasteiger partial charge on any atom is -0.472 e. The summed E-state index contributed by atoms with van der Waals surface area (Å²) < 4.78 is 62.1. The number of rotatable bonds is 7. The van der Waals surface area contributed by atoms with Crippen LogP contribution in [0.5, 0.6) is 11.9 Å². The van der Waals surface area contributed by atoms with E-state index in [1.165, 1.54) is 11.0 Å². The maximum absolute atomic E-state index is 17.8. The van der Waals surface area contributed by atoms with Crippen molar-refractivity contribution in [1.29, 1.82) is 0 Å². The molecule has 14 heteroatoms. The number of alkyl halides is 1. The quantitative estimate of drug-likeness (QED) is 0.111. The van der Waals surface area contributed by atoms with Gasteiger partial charge in [-0.2, -0.15) is 9.97 Å². The first kappa shape index (κ1) is 40.5. The van der Waals surface area contributed by atoms with E-state index in [-0.39, 0.29) is 59.7 Å². The first-order chi connectivity index (χ1) is 28.6. The van der Waals surface area contributed by atoms with Crippen LogP contribution in [-0.2, 0) is 0 Å². The lowest BCUT2D eigenvalue weighted by Crippen LogP contribution is -2.64. The second-order valence-corrected chi connectivity index (χ2v) is 24.1. The van der Waals surface area contributed by atoms with Gasteiger partial charge < -0.3 is 19.5 Å². The van der Waals surface area contributed by atoms with Crippen LogP contribution in [0, 0.1) is 23.1 Å². The van der Waals surface area contributed by atoms with Gasteiger partial charge in [-0.25, -0.2) is 22.9 Å². The Bertz CT molecular complexity index is 2490. The van der Waals surface area contributed by atoms with Gasteiger partial charge in [0.1, 0.15) is 55.2 Å². The van der Waals surface area contributed by atoms with Crippen molar-refractivity contribution in [3.8, 4) is 34.6 Å². The smallest absolute Gasteiger partial charge is 0.407 e. The van der Waals surface area contributed by atoms with Gasteiger partial charge in [0.05, 0.1) is 29.2 Å². The number of hydrogen-bond donors (Lipinski definition) is 1. The molecule has 1 N–H and O–H groups in total. The molecule has 0 spiro atoms. The molecule has 2 aromatic heterocycles. The van der Waals surface area contributed by atoms with Crippen molar-refractivity contribution in [1.82, 2.24) is 24.8 Å². The molecule has 2 aromatic carbocycles. The Kier molecular flexibility index (Phi) is 9.89. The lowest BCUT2D eigenvalue weighted by molar-refractivity contribution is 0.0706. The van der Waals surface area contributed by atoms with Crippen molar-refractivity contribution in [2.45, 2.75) is 127 Å². The largest absolute Gasteiger partial charge is 0.472 e. The number of aromatic nitrogens is 3. The van der Waals surface area contributed by atoms with Crippen molar-refractivity contribution in [2.24, 2.45) is 0 Å². The van der Waals surface area contributed by atoms with Crippen molar-refractivity contribution in [3.63, 3.8) is 0 Å². The van der Waals surface area contributed by atoms with Crippen LogP contribution in [0.1, 0.15) is 79.7 Å². The summed E-state index contributed by atoms with van der Waals surface area (Å²) in [5.41, 5.74) is 5.03. The summed E-state index contributed by atoms with van der Waals surface area (Å²) >= 11 is 0. The van der Waals surface area contributed by atoms with Gasteiger partial charge in [0.25, 0.3) is 0 Å². The van der Waals surface area contributed by atoms with Crippen LogP contribution < -0.4 is 14.4 Å². The number of fused-ring (bicyclic) bond motifs is 7. The number of halogens is 3. The van der Waals surface area contributed by atoms with Gasteiger partial charge >= 0.3 is 12.1 Å². The highest BCUT2D eigenvalue weighted by Crippen LogP contribution is 2.48. The van der Waals surface area contributed by atoms with Crippen LogP contribution in [0.2, 0.25) is 16.6 Å². The fourth-order valence-electron chi connectivity index (χ4n) is 11.8. The van der Waals surface area contributed by atoms with Gasteiger partial charge in [-0.1, -0.05) is 83.9 Å². The second kappa shape index (κ2) is 14.6. The molecule has 0 saturated carbocycles. The van der Waals surface area contributed by atoms with Crippen LogP contribution in [0.25, 0.3) is 32.9 Å². The third-order valence-electron chi connectivity index (χ3n) is 14.6. The fraction of sp³-hybridized carbons (Fsp3) is 0.522. The van der Waals surface area contributed by atoms with E-state index in [2.05, 4.69) is 64.5 Å². The van der Waals surface area contributed by atoms with E-state index in [9.17, 15) is 14.3 Å². The molecule has 4 saturated heterocycles. The van der Waals surface area contributed by atoms with Gasteiger partial charge in [0.15, 0.2) is 5.82 Å². The number of hydrogen-bond acceptors (Lipinski definition) is 8. The Labute approximate surface area is 350 Å². The molecule has 6 unspecified atom stereocenters. The molecule has 10 nitrogen and oxygen atoms in total. The number of anilines is 1. The highest BCUT2D eigenvalue weighted by atomic mass is 28.3. The van der Waals surface area contributed by atoms with E-state index in [1.54, 1.807) is 18.2 Å². The van der Waals surface area contributed by atoms with Crippen molar-refractivity contribution < 1.29 is 32.5 Å². The maximum Gasteiger partial charge on any atom is 0.407 e. The summed E-state index contributed by atoms with van der Waals surface area (Å²) in [7, 11) is -2.31. The van der Waals surface area contributed by atoms with Crippen molar-refractivity contribution >= 4 is 41.7 Å². The predicted octanol–water partition coefficient (Wildman–Crippen LogP) is 9.29. The third-order valence-corrected chi connectivity index (χ3v) is 20.9. The molecule has 7 heterocycles. The molecule has 4 aromatic rings. The molecule has 4 fully saturated rings. The van der Waals surface area contributed by atoms with Gasteiger partial charge in [-0.05, 0) is 54.3 Å². The molecule has 6 atom stereocenters. The molecule has 5 aliphatic rings. The normalized spacial score (nSPS) is 26.1.